The van der Waals surface area contributed by atoms with Crippen LogP contribution in [0.15, 0.2) is 36.4 Å². The van der Waals surface area contributed by atoms with Gasteiger partial charge in [-0.15, -0.1) is 0 Å². The number of hydrogen-bond donors (Lipinski definition) is 1. The molecule has 2 bridgehead atoms. The molecule has 1 aliphatic carbocycles. The molecule has 3 aliphatic heterocycles. The average molecular weight is 639 g/mol. The minimum atomic E-state index is -2.77. The summed E-state index contributed by atoms with van der Waals surface area (Å²) in [5, 5.41) is 12.0. The summed E-state index contributed by atoms with van der Waals surface area (Å²) in [5.41, 5.74) is 0.248. The Bertz CT molecular complexity index is 1850. The highest BCUT2D eigenvalue weighted by Crippen LogP contribution is 2.50. The zero-order valence-corrected chi connectivity index (χ0v) is 25.5. The first-order valence-electron chi connectivity index (χ1n) is 16.2. The van der Waals surface area contributed by atoms with Crippen molar-refractivity contribution in [3.63, 3.8) is 0 Å². The highest BCUT2D eigenvalue weighted by Gasteiger charge is 2.56. The van der Waals surface area contributed by atoms with Gasteiger partial charge in [-0.1, -0.05) is 19.1 Å². The Hall–Kier alpha value is -3.73. The second kappa shape index (κ2) is 10.7. The molecule has 0 unspecified atom stereocenters. The van der Waals surface area contributed by atoms with E-state index in [-0.39, 0.29) is 42.5 Å². The van der Waals surface area contributed by atoms with Gasteiger partial charge in [0.15, 0.2) is 5.82 Å². The number of benzene rings is 3. The molecule has 4 atom stereocenters. The van der Waals surface area contributed by atoms with E-state index in [0.717, 1.165) is 19.4 Å². The molecule has 3 aromatic carbocycles. The summed E-state index contributed by atoms with van der Waals surface area (Å²) in [6, 6.07) is 8.91. The Morgan fingerprint density at radius 1 is 1.00 bits per heavy atom. The van der Waals surface area contributed by atoms with Gasteiger partial charge in [0.25, 0.3) is 5.92 Å². The topological polar surface area (TPSA) is 61.7 Å². The molecule has 1 N–H and O–H groups in total. The van der Waals surface area contributed by atoms with Crippen molar-refractivity contribution in [1.82, 2.24) is 14.9 Å². The van der Waals surface area contributed by atoms with Gasteiger partial charge in [0, 0.05) is 48.8 Å². The highest BCUT2D eigenvalue weighted by molar-refractivity contribution is 6.03. The number of halogens is 5. The lowest BCUT2D eigenvalue weighted by molar-refractivity contribution is -0.0830. The quantitative estimate of drug-likeness (QED) is 0.222. The summed E-state index contributed by atoms with van der Waals surface area (Å²) in [4.78, 5) is 13.1. The molecule has 0 spiro atoms. The zero-order chi connectivity index (χ0) is 32.0. The van der Waals surface area contributed by atoms with Crippen LogP contribution in [0.25, 0.3) is 32.8 Å². The van der Waals surface area contributed by atoms with E-state index >= 15 is 4.39 Å². The maximum absolute atomic E-state index is 16.9. The first kappa shape index (κ1) is 29.7. The number of anilines is 1. The van der Waals surface area contributed by atoms with Crippen molar-refractivity contribution < 1.29 is 31.8 Å². The van der Waals surface area contributed by atoms with Gasteiger partial charge in [-0.3, -0.25) is 4.90 Å². The maximum atomic E-state index is 16.9. The van der Waals surface area contributed by atoms with Gasteiger partial charge in [-0.05, 0) is 84.8 Å². The fraction of sp³-hybridized carbons (Fsp3) is 0.486. The minimum Gasteiger partial charge on any atom is -0.508 e. The van der Waals surface area contributed by atoms with Crippen molar-refractivity contribution in [2.24, 2.45) is 11.8 Å². The third-order valence-electron chi connectivity index (χ3n) is 10.9. The number of aromatic hydroxyl groups is 1. The predicted molar refractivity (Wildman–Crippen MR) is 165 cm³/mol. The number of aryl methyl sites for hydroxylation is 1. The van der Waals surface area contributed by atoms with Crippen molar-refractivity contribution in [2.45, 2.75) is 63.1 Å². The third kappa shape index (κ3) is 4.52. The number of ether oxygens (including phenoxy) is 1. The summed E-state index contributed by atoms with van der Waals surface area (Å²) in [5.74, 6) is -5.38. The summed E-state index contributed by atoms with van der Waals surface area (Å²) in [6.07, 6.45) is 2.21. The normalized spacial score (nSPS) is 27.2. The van der Waals surface area contributed by atoms with Crippen LogP contribution in [0.1, 0.15) is 44.6 Å². The molecule has 1 saturated carbocycles. The summed E-state index contributed by atoms with van der Waals surface area (Å²) in [6.45, 7) is 3.18. The Kier molecular flexibility index (Phi) is 6.87. The molecule has 1 aromatic heterocycles. The average Bonchev–Trinajstić information content (AvgIpc) is 3.56. The van der Waals surface area contributed by atoms with Crippen LogP contribution in [0.4, 0.5) is 27.8 Å². The Morgan fingerprint density at radius 3 is 2.54 bits per heavy atom. The second-order valence-corrected chi connectivity index (χ2v) is 13.5. The van der Waals surface area contributed by atoms with Crippen LogP contribution in [0, 0.1) is 23.5 Å². The van der Waals surface area contributed by atoms with E-state index in [0.29, 0.717) is 65.3 Å². The number of rotatable bonds is 6. The van der Waals surface area contributed by atoms with Crippen LogP contribution < -0.4 is 9.64 Å². The molecule has 0 radical (unpaired) electrons. The smallest absolute Gasteiger partial charge is 0.319 e. The number of phenols is 1. The summed E-state index contributed by atoms with van der Waals surface area (Å²) < 4.78 is 82.3. The zero-order valence-electron chi connectivity index (χ0n) is 25.5. The van der Waals surface area contributed by atoms with E-state index in [1.807, 2.05) is 6.92 Å². The van der Waals surface area contributed by atoms with Crippen LogP contribution in [0.3, 0.4) is 0 Å². The van der Waals surface area contributed by atoms with E-state index in [4.69, 9.17) is 4.74 Å². The molecule has 0 amide bonds. The number of piperidine rings is 1. The lowest BCUT2D eigenvalue weighted by Crippen LogP contribution is -2.49. The lowest BCUT2D eigenvalue weighted by atomic mass is 9.91. The molecule has 11 heteroatoms. The van der Waals surface area contributed by atoms with Gasteiger partial charge < -0.3 is 14.7 Å². The number of alkyl halides is 3. The molecule has 4 fully saturated rings. The molecule has 4 aromatic rings. The molecule has 4 heterocycles. The molecule has 242 valence electrons. The molecule has 4 aliphatic rings. The van der Waals surface area contributed by atoms with Gasteiger partial charge in [-0.2, -0.15) is 9.97 Å². The van der Waals surface area contributed by atoms with Crippen LogP contribution in [0.5, 0.6) is 11.8 Å². The standard InChI is InChI=1S/C35H35F5N4O2/c1-2-24-28(37)9-4-19-12-23(45)13-27(29(19)24)25-7-8-26-31(30(25)38)41-33(46-18-34-10-3-11-44(34)17-22(36)14-34)42-32(26)43-15-20-5-6-21(16-43)35(20,39)40/h4,7-9,12-13,20-22,45H,2-3,5-6,10-11,14-18H2,1H3/t20-,21+,22-,34+/m1/s1. The van der Waals surface area contributed by atoms with Crippen molar-refractivity contribution in [2.75, 3.05) is 37.7 Å². The maximum Gasteiger partial charge on any atom is 0.319 e. The highest BCUT2D eigenvalue weighted by atomic mass is 19.3. The fourth-order valence-corrected chi connectivity index (χ4v) is 8.67. The summed E-state index contributed by atoms with van der Waals surface area (Å²) >= 11 is 0. The van der Waals surface area contributed by atoms with Crippen LogP contribution >= 0.6 is 0 Å². The van der Waals surface area contributed by atoms with E-state index < -0.39 is 41.1 Å². The number of aromatic nitrogens is 2. The number of nitrogens with zero attached hydrogens (tertiary/aromatic N) is 4. The van der Waals surface area contributed by atoms with E-state index in [2.05, 4.69) is 14.9 Å². The first-order valence-corrected chi connectivity index (χ1v) is 16.2. The predicted octanol–water partition coefficient (Wildman–Crippen LogP) is 7.43. The number of hydrogen-bond acceptors (Lipinski definition) is 6. The molecule has 3 saturated heterocycles. The molecule has 46 heavy (non-hydrogen) atoms. The summed E-state index contributed by atoms with van der Waals surface area (Å²) in [7, 11) is 0. The lowest BCUT2D eigenvalue weighted by Gasteiger charge is -2.38. The first-order chi connectivity index (χ1) is 22.1. The Morgan fingerprint density at radius 2 is 1.78 bits per heavy atom. The molecule has 6 nitrogen and oxygen atoms in total. The second-order valence-electron chi connectivity index (χ2n) is 13.5. The van der Waals surface area contributed by atoms with E-state index in [1.165, 1.54) is 18.2 Å². The Labute approximate surface area is 263 Å². The van der Waals surface area contributed by atoms with Crippen molar-refractivity contribution in [1.29, 1.82) is 0 Å². The van der Waals surface area contributed by atoms with Crippen LogP contribution in [0.2, 0.25) is 0 Å². The van der Waals surface area contributed by atoms with Gasteiger partial charge in [0.1, 0.15) is 35.7 Å². The molecule has 8 rings (SSSR count). The van der Waals surface area contributed by atoms with Crippen molar-refractivity contribution >= 4 is 27.5 Å². The SMILES string of the molecule is CCc1c(F)ccc2cc(O)cc(-c3ccc4c(N5C[C@H]6CC[C@@H](C5)C6(F)F)nc(OC[C@@]56CCCN5C[C@H](F)C6)nc4c3F)c12. The van der Waals surface area contributed by atoms with Gasteiger partial charge in [0.05, 0.1) is 5.54 Å². The third-order valence-corrected chi connectivity index (χ3v) is 10.9. The van der Waals surface area contributed by atoms with Gasteiger partial charge in [-0.25, -0.2) is 22.0 Å². The van der Waals surface area contributed by atoms with Crippen molar-refractivity contribution in [3.8, 4) is 22.9 Å². The molecular formula is C35H35F5N4O2. The number of fused-ring (bicyclic) bond motifs is 5. The monoisotopic (exact) mass is 638 g/mol. The van der Waals surface area contributed by atoms with E-state index in [9.17, 15) is 22.7 Å². The Balaban J connectivity index is 1.27. The van der Waals surface area contributed by atoms with Gasteiger partial charge >= 0.3 is 6.01 Å². The van der Waals surface area contributed by atoms with E-state index in [1.54, 1.807) is 23.1 Å². The largest absolute Gasteiger partial charge is 0.508 e. The number of phenolic OH excluding ortho intramolecular Hbond substituents is 1. The minimum absolute atomic E-state index is 0.0655. The van der Waals surface area contributed by atoms with Crippen LogP contribution in [-0.2, 0) is 6.42 Å². The molecular weight excluding hydrogens is 603 g/mol. The van der Waals surface area contributed by atoms with Gasteiger partial charge in [0.2, 0.25) is 0 Å². The van der Waals surface area contributed by atoms with Crippen molar-refractivity contribution in [3.05, 3.63) is 53.6 Å². The fourth-order valence-electron chi connectivity index (χ4n) is 8.67. The van der Waals surface area contributed by atoms with Crippen LogP contribution in [-0.4, -0.2) is 70.4 Å².